The van der Waals surface area contributed by atoms with Gasteiger partial charge in [-0.15, -0.1) is 11.3 Å². The van der Waals surface area contributed by atoms with Gasteiger partial charge in [0.1, 0.15) is 4.83 Å². The monoisotopic (exact) mass is 404 g/mol. The van der Waals surface area contributed by atoms with Crippen LogP contribution in [0.1, 0.15) is 49.0 Å². The van der Waals surface area contributed by atoms with Crippen molar-refractivity contribution < 1.29 is 9.90 Å². The topological polar surface area (TPSA) is 76.2 Å². The molecular formula is C24H24N2O2S. The number of thiophene rings is 1. The molecule has 5 rings (SSSR count). The molecule has 0 atom stereocenters. The number of anilines is 1. The molecule has 4 nitrogen and oxygen atoms in total. The smallest absolute Gasteiger partial charge is 0.313 e. The Morgan fingerprint density at radius 3 is 2.31 bits per heavy atom. The summed E-state index contributed by atoms with van der Waals surface area (Å²) in [6.07, 6.45) is 15.9. The SMILES string of the molecule is Cc1cnc2sc(C3=CC=C(C4=CC=C(C5(C(=O)O)CC5)CC4)CC3)c(N)c2c1. The Balaban J connectivity index is 1.41. The van der Waals surface area contributed by atoms with Crippen LogP contribution in [0.4, 0.5) is 5.69 Å². The first-order valence-electron chi connectivity index (χ1n) is 10.2. The van der Waals surface area contributed by atoms with Crippen molar-refractivity contribution in [1.82, 2.24) is 4.98 Å². The van der Waals surface area contributed by atoms with Crippen LogP contribution < -0.4 is 5.73 Å². The Morgan fingerprint density at radius 2 is 1.72 bits per heavy atom. The van der Waals surface area contributed by atoms with Gasteiger partial charge in [0, 0.05) is 11.6 Å². The fourth-order valence-electron chi connectivity index (χ4n) is 4.54. The fourth-order valence-corrected chi connectivity index (χ4v) is 5.64. The van der Waals surface area contributed by atoms with Gasteiger partial charge in [-0.3, -0.25) is 4.79 Å². The molecule has 0 radical (unpaired) electrons. The second kappa shape index (κ2) is 6.70. The molecule has 0 saturated heterocycles. The summed E-state index contributed by atoms with van der Waals surface area (Å²) in [5.74, 6) is -0.657. The quantitative estimate of drug-likeness (QED) is 0.675. The van der Waals surface area contributed by atoms with E-state index in [2.05, 4.69) is 35.4 Å². The van der Waals surface area contributed by atoms with Crippen LogP contribution in [0.5, 0.6) is 0 Å². The number of allylic oxidation sites excluding steroid dienone is 7. The van der Waals surface area contributed by atoms with Crippen LogP contribution >= 0.6 is 11.3 Å². The lowest BCUT2D eigenvalue weighted by Gasteiger charge is -2.22. The molecule has 1 fully saturated rings. The second-order valence-electron chi connectivity index (χ2n) is 8.37. The molecule has 2 aromatic heterocycles. The first kappa shape index (κ1) is 18.4. The standard InChI is InChI=1S/C24H24N2O2S/c1-14-12-19-20(25)21(29-22(19)26-13-14)17-4-2-15(3-5-17)16-6-8-18(9-7-16)24(10-11-24)23(27)28/h2,4,6,8,12-13H,3,5,7,9-11,25H2,1H3,(H,27,28). The Hall–Kier alpha value is -2.66. The highest BCUT2D eigenvalue weighted by molar-refractivity contribution is 7.20. The van der Waals surface area contributed by atoms with Gasteiger partial charge in [0.15, 0.2) is 0 Å². The van der Waals surface area contributed by atoms with Crippen molar-refractivity contribution in [2.75, 3.05) is 5.73 Å². The van der Waals surface area contributed by atoms with E-state index in [0.717, 1.165) is 70.4 Å². The number of pyridine rings is 1. The average Bonchev–Trinajstić information content (AvgIpc) is 3.49. The minimum Gasteiger partial charge on any atom is -0.481 e. The first-order chi connectivity index (χ1) is 14.0. The van der Waals surface area contributed by atoms with E-state index < -0.39 is 11.4 Å². The molecule has 3 N–H and O–H groups in total. The van der Waals surface area contributed by atoms with E-state index >= 15 is 0 Å². The molecule has 0 amide bonds. The highest BCUT2D eigenvalue weighted by Crippen LogP contribution is 2.54. The van der Waals surface area contributed by atoms with Crippen LogP contribution in [0, 0.1) is 12.3 Å². The van der Waals surface area contributed by atoms with E-state index in [0.29, 0.717) is 0 Å². The zero-order valence-corrected chi connectivity index (χ0v) is 17.3. The molecule has 1 saturated carbocycles. The van der Waals surface area contributed by atoms with Crippen molar-refractivity contribution in [2.24, 2.45) is 5.41 Å². The molecule has 0 aromatic carbocycles. The Morgan fingerprint density at radius 1 is 1.07 bits per heavy atom. The van der Waals surface area contributed by atoms with Gasteiger partial charge in [0.05, 0.1) is 16.0 Å². The van der Waals surface area contributed by atoms with Crippen LogP contribution in [-0.4, -0.2) is 16.1 Å². The van der Waals surface area contributed by atoms with Crippen molar-refractivity contribution >= 4 is 38.8 Å². The number of nitrogens with two attached hydrogens (primary N) is 1. The number of rotatable bonds is 4. The van der Waals surface area contributed by atoms with Crippen LogP contribution in [0.2, 0.25) is 0 Å². The number of nitrogens with zero attached hydrogens (tertiary/aromatic N) is 1. The number of carboxylic acids is 1. The van der Waals surface area contributed by atoms with Gasteiger partial charge in [0.25, 0.3) is 0 Å². The predicted molar refractivity (Wildman–Crippen MR) is 119 cm³/mol. The summed E-state index contributed by atoms with van der Waals surface area (Å²) in [6, 6.07) is 2.11. The van der Waals surface area contributed by atoms with Gasteiger partial charge in [-0.25, -0.2) is 4.98 Å². The van der Waals surface area contributed by atoms with Crippen molar-refractivity contribution in [2.45, 2.75) is 45.4 Å². The molecule has 148 valence electrons. The molecule has 0 spiro atoms. The number of aliphatic carboxylic acids is 1. The van der Waals surface area contributed by atoms with E-state index in [4.69, 9.17) is 5.73 Å². The maximum atomic E-state index is 11.6. The molecule has 2 aromatic rings. The lowest BCUT2D eigenvalue weighted by atomic mass is 9.82. The largest absolute Gasteiger partial charge is 0.481 e. The Labute approximate surface area is 174 Å². The van der Waals surface area contributed by atoms with Gasteiger partial charge >= 0.3 is 5.97 Å². The number of fused-ring (bicyclic) bond motifs is 1. The second-order valence-corrected chi connectivity index (χ2v) is 9.36. The third-order valence-electron chi connectivity index (χ3n) is 6.50. The van der Waals surface area contributed by atoms with E-state index in [-0.39, 0.29) is 0 Å². The number of aryl methyl sites for hydroxylation is 1. The molecule has 3 aliphatic carbocycles. The minimum atomic E-state index is -0.657. The first-order valence-corrected chi connectivity index (χ1v) is 11.0. The van der Waals surface area contributed by atoms with Crippen molar-refractivity contribution in [3.8, 4) is 0 Å². The van der Waals surface area contributed by atoms with E-state index in [1.807, 2.05) is 13.1 Å². The van der Waals surface area contributed by atoms with Gasteiger partial charge in [-0.1, -0.05) is 29.9 Å². The van der Waals surface area contributed by atoms with Gasteiger partial charge < -0.3 is 10.8 Å². The number of carbonyl (C=O) groups is 1. The van der Waals surface area contributed by atoms with Crippen molar-refractivity contribution in [1.29, 1.82) is 0 Å². The highest BCUT2D eigenvalue weighted by Gasteiger charge is 2.52. The lowest BCUT2D eigenvalue weighted by molar-refractivity contribution is -0.141. The van der Waals surface area contributed by atoms with Crippen LogP contribution in [0.3, 0.4) is 0 Å². The third kappa shape index (κ3) is 3.04. The number of hydrogen-bond donors (Lipinski definition) is 2. The molecule has 3 aliphatic rings. The summed E-state index contributed by atoms with van der Waals surface area (Å²) in [6.45, 7) is 2.04. The maximum Gasteiger partial charge on any atom is 0.313 e. The number of nitrogen functional groups attached to an aromatic ring is 1. The van der Waals surface area contributed by atoms with Crippen molar-refractivity contribution in [3.05, 3.63) is 63.7 Å². The van der Waals surface area contributed by atoms with E-state index in [1.165, 1.54) is 16.7 Å². The van der Waals surface area contributed by atoms with Crippen LogP contribution in [0.25, 0.3) is 15.8 Å². The zero-order valence-electron chi connectivity index (χ0n) is 16.5. The molecule has 0 bridgehead atoms. The molecular weight excluding hydrogens is 380 g/mol. The van der Waals surface area contributed by atoms with Crippen molar-refractivity contribution in [3.63, 3.8) is 0 Å². The summed E-state index contributed by atoms with van der Waals surface area (Å²) in [5.41, 5.74) is 12.9. The average molecular weight is 405 g/mol. The summed E-state index contributed by atoms with van der Waals surface area (Å²) in [5, 5.41) is 10.6. The van der Waals surface area contributed by atoms with Crippen LogP contribution in [0.15, 0.2) is 53.3 Å². The summed E-state index contributed by atoms with van der Waals surface area (Å²) < 4.78 is 0. The summed E-state index contributed by atoms with van der Waals surface area (Å²) in [7, 11) is 0. The highest BCUT2D eigenvalue weighted by atomic mass is 32.1. The summed E-state index contributed by atoms with van der Waals surface area (Å²) in [4.78, 5) is 18.2. The zero-order chi connectivity index (χ0) is 20.2. The molecule has 0 unspecified atom stereocenters. The maximum absolute atomic E-state index is 11.6. The number of carboxylic acid groups (broad SMARTS) is 1. The third-order valence-corrected chi connectivity index (χ3v) is 7.70. The molecule has 2 heterocycles. The summed E-state index contributed by atoms with van der Waals surface area (Å²) >= 11 is 1.68. The Bertz CT molecular complexity index is 1160. The minimum absolute atomic E-state index is 0.554. The molecule has 5 heteroatoms. The van der Waals surface area contributed by atoms with Gasteiger partial charge in [-0.05, 0) is 73.8 Å². The number of hydrogen-bond acceptors (Lipinski definition) is 4. The fraction of sp³-hybridized carbons (Fsp3) is 0.333. The Kier molecular flexibility index (Phi) is 4.24. The van der Waals surface area contributed by atoms with Gasteiger partial charge in [0.2, 0.25) is 0 Å². The molecule has 29 heavy (non-hydrogen) atoms. The van der Waals surface area contributed by atoms with Gasteiger partial charge in [-0.2, -0.15) is 0 Å². The van der Waals surface area contributed by atoms with E-state index in [9.17, 15) is 9.90 Å². The van der Waals surface area contributed by atoms with E-state index in [1.54, 1.807) is 11.3 Å². The number of aromatic nitrogens is 1. The predicted octanol–water partition coefficient (Wildman–Crippen LogP) is 5.80. The molecule has 0 aliphatic heterocycles. The normalized spacial score (nSPS) is 20.6. The van der Waals surface area contributed by atoms with Crippen LogP contribution in [-0.2, 0) is 4.79 Å². The lowest BCUT2D eigenvalue weighted by Crippen LogP contribution is -2.18.